The third kappa shape index (κ3) is 17.1. The normalized spacial score (nSPS) is 10.0. The van der Waals surface area contributed by atoms with Crippen LogP contribution >= 0.6 is 11.6 Å². The van der Waals surface area contributed by atoms with E-state index in [0.717, 1.165) is 24.2 Å². The number of nitro groups is 4. The summed E-state index contributed by atoms with van der Waals surface area (Å²) in [4.78, 5) is 92.7. The van der Waals surface area contributed by atoms with Crippen molar-refractivity contribution in [3.8, 4) is 0 Å². The number of carbonyl (C=O) groups is 2. The summed E-state index contributed by atoms with van der Waals surface area (Å²) in [5.41, 5.74) is -2.19. The Hall–Kier alpha value is -6.65. The molecule has 0 unspecified atom stereocenters. The smallest absolute Gasteiger partial charge is 0.411 e. The van der Waals surface area contributed by atoms with Gasteiger partial charge in [0.05, 0.1) is 40.7 Å². The van der Waals surface area contributed by atoms with E-state index in [1.54, 1.807) is 66.1 Å². The van der Waals surface area contributed by atoms with Gasteiger partial charge in [0.2, 0.25) is 0 Å². The molecule has 3 rings (SSSR count). The van der Waals surface area contributed by atoms with Crippen molar-refractivity contribution in [2.75, 3.05) is 33.9 Å². The molecule has 0 aliphatic rings. The number of benzene rings is 1. The van der Waals surface area contributed by atoms with Crippen molar-refractivity contribution in [2.45, 2.75) is 34.2 Å². The standard InChI is InChI=1S/C12H10ClN3O3.C7H12N2O4.C5H5N3O3.C4H7NO4/c1-8-14-6-11(16(18)19)12(17)15(8)7-9-2-4-10(13)5-3-9;1-4-13-7(10)6(9(11)12)5-8(2)3;1-3-6-2-4(8(10)11)5(9)7-3;1-2-9-4(6)3-5(7)8/h2-6H,7H2,1H3;5H,4H2,1-3H3;2H,1H3,(H,6,7,9);2-3H2,1H3. The molecule has 282 valence electrons. The number of aromatic amines is 1. The molecular weight excluding hydrogens is 722 g/mol. The van der Waals surface area contributed by atoms with Crippen LogP contribution in [-0.4, -0.2) is 89.9 Å². The van der Waals surface area contributed by atoms with Gasteiger partial charge in [-0.2, -0.15) is 0 Å². The van der Waals surface area contributed by atoms with Crippen LogP contribution in [0.25, 0.3) is 0 Å². The largest absolute Gasteiger partial charge is 0.461 e. The average Bonchev–Trinajstić information content (AvgIpc) is 3.03. The molecule has 0 saturated heterocycles. The first-order chi connectivity index (χ1) is 24.2. The van der Waals surface area contributed by atoms with Gasteiger partial charge in [0.15, 0.2) is 0 Å². The predicted molar refractivity (Wildman–Crippen MR) is 181 cm³/mol. The second kappa shape index (κ2) is 22.9. The average molecular weight is 756 g/mol. The van der Waals surface area contributed by atoms with Gasteiger partial charge in [-0.3, -0.25) is 54.6 Å². The van der Waals surface area contributed by atoms with Gasteiger partial charge in [-0.1, -0.05) is 23.7 Å². The minimum absolute atomic E-state index is 0.122. The molecule has 0 saturated carbocycles. The Morgan fingerprint density at radius 1 is 0.904 bits per heavy atom. The molecular formula is C28H34ClN9O14. The second-order valence-corrected chi connectivity index (χ2v) is 10.1. The lowest BCUT2D eigenvalue weighted by atomic mass is 10.2. The lowest BCUT2D eigenvalue weighted by molar-refractivity contribution is -0.470. The molecule has 2 aromatic heterocycles. The summed E-state index contributed by atoms with van der Waals surface area (Å²) in [5, 5.41) is 41.3. The van der Waals surface area contributed by atoms with Crippen molar-refractivity contribution in [3.63, 3.8) is 0 Å². The summed E-state index contributed by atoms with van der Waals surface area (Å²) in [7, 11) is 3.17. The summed E-state index contributed by atoms with van der Waals surface area (Å²) < 4.78 is 10.0. The van der Waals surface area contributed by atoms with E-state index in [1.165, 1.54) is 9.47 Å². The van der Waals surface area contributed by atoms with Crippen LogP contribution in [0.15, 0.2) is 58.1 Å². The zero-order valence-electron chi connectivity index (χ0n) is 28.5. The van der Waals surface area contributed by atoms with E-state index in [0.29, 0.717) is 16.7 Å². The Morgan fingerprint density at radius 2 is 1.44 bits per heavy atom. The van der Waals surface area contributed by atoms with Gasteiger partial charge in [0, 0.05) is 24.0 Å². The molecule has 0 radical (unpaired) electrons. The molecule has 0 fully saturated rings. The van der Waals surface area contributed by atoms with E-state index in [4.69, 9.17) is 11.6 Å². The fourth-order valence-corrected chi connectivity index (χ4v) is 3.32. The molecule has 0 aliphatic heterocycles. The first-order valence-corrected chi connectivity index (χ1v) is 14.8. The maximum Gasteiger partial charge on any atom is 0.411 e. The van der Waals surface area contributed by atoms with Crippen molar-refractivity contribution in [1.29, 1.82) is 0 Å². The van der Waals surface area contributed by atoms with Crippen molar-refractivity contribution in [1.82, 2.24) is 24.4 Å². The van der Waals surface area contributed by atoms with Gasteiger partial charge in [0.1, 0.15) is 24.0 Å². The Balaban J connectivity index is 0.000000698. The highest BCUT2D eigenvalue weighted by Gasteiger charge is 2.23. The molecule has 24 heteroatoms. The number of carbonyl (C=O) groups excluding carboxylic acids is 2. The van der Waals surface area contributed by atoms with Gasteiger partial charge >= 0.3 is 40.1 Å². The molecule has 1 aromatic carbocycles. The highest BCUT2D eigenvalue weighted by atomic mass is 35.5. The van der Waals surface area contributed by atoms with Crippen LogP contribution in [0, 0.1) is 54.3 Å². The van der Waals surface area contributed by atoms with Gasteiger partial charge in [0.25, 0.3) is 6.54 Å². The molecule has 0 bridgehead atoms. The zero-order chi connectivity index (χ0) is 40.1. The quantitative estimate of drug-likeness (QED) is 0.127. The Morgan fingerprint density at radius 3 is 1.88 bits per heavy atom. The molecule has 0 aliphatic carbocycles. The first kappa shape index (κ1) is 45.3. The third-order valence-electron chi connectivity index (χ3n) is 5.41. The van der Waals surface area contributed by atoms with E-state index in [1.807, 2.05) is 0 Å². The summed E-state index contributed by atoms with van der Waals surface area (Å²) in [5.74, 6) is -0.921. The van der Waals surface area contributed by atoms with Gasteiger partial charge in [-0.15, -0.1) is 0 Å². The van der Waals surface area contributed by atoms with E-state index < -0.39 is 66.4 Å². The minimum atomic E-state index is -0.916. The minimum Gasteiger partial charge on any atom is -0.461 e. The maximum absolute atomic E-state index is 12.0. The zero-order valence-corrected chi connectivity index (χ0v) is 29.3. The van der Waals surface area contributed by atoms with Crippen molar-refractivity contribution in [3.05, 3.63) is 132 Å². The third-order valence-corrected chi connectivity index (χ3v) is 5.66. The van der Waals surface area contributed by atoms with Gasteiger partial charge < -0.3 is 19.4 Å². The SMILES string of the molecule is CCOC(=O)C(=CN(C)C)[N+](=O)[O-].CCOC(=O)C[N+](=O)[O-].Cc1ncc([N+](=O)[O-])c(=O)[nH]1.Cc1ncc([N+](=O)[O-])c(=O)n1Cc1ccc(Cl)cc1. The Bertz CT molecular complexity index is 1880. The molecule has 0 spiro atoms. The van der Waals surface area contributed by atoms with E-state index in [-0.39, 0.29) is 19.8 Å². The van der Waals surface area contributed by atoms with Crippen molar-refractivity contribution in [2.24, 2.45) is 0 Å². The lowest BCUT2D eigenvalue weighted by Gasteiger charge is -2.08. The molecule has 2 heterocycles. The highest BCUT2D eigenvalue weighted by Crippen LogP contribution is 2.11. The Labute approximate surface area is 298 Å². The first-order valence-electron chi connectivity index (χ1n) is 14.4. The fourth-order valence-electron chi connectivity index (χ4n) is 3.19. The number of H-pyrrole nitrogens is 1. The second-order valence-electron chi connectivity index (χ2n) is 9.66. The summed E-state index contributed by atoms with van der Waals surface area (Å²) in [6.07, 6.45) is 3.03. The number of hydrogen-bond acceptors (Lipinski definition) is 17. The lowest BCUT2D eigenvalue weighted by Crippen LogP contribution is -2.26. The predicted octanol–water partition coefficient (Wildman–Crippen LogP) is 2.20. The molecule has 0 atom stereocenters. The maximum atomic E-state index is 12.0. The van der Waals surface area contributed by atoms with Gasteiger partial charge in [-0.25, -0.2) is 19.6 Å². The Kier molecular flexibility index (Phi) is 20.0. The van der Waals surface area contributed by atoms with E-state index >= 15 is 0 Å². The van der Waals surface area contributed by atoms with Crippen LogP contribution in [0.5, 0.6) is 0 Å². The summed E-state index contributed by atoms with van der Waals surface area (Å²) in [6.45, 7) is 6.14. The molecule has 52 heavy (non-hydrogen) atoms. The number of nitrogens with zero attached hydrogens (tertiary/aromatic N) is 8. The number of hydrogen-bond donors (Lipinski definition) is 1. The van der Waals surface area contributed by atoms with Crippen LogP contribution in [0.4, 0.5) is 11.4 Å². The highest BCUT2D eigenvalue weighted by molar-refractivity contribution is 6.30. The topological polar surface area (TPSA) is 309 Å². The summed E-state index contributed by atoms with van der Waals surface area (Å²) >= 11 is 5.77. The van der Waals surface area contributed by atoms with Crippen molar-refractivity contribution < 1.29 is 38.8 Å². The van der Waals surface area contributed by atoms with Crippen LogP contribution in [-0.2, 0) is 25.6 Å². The van der Waals surface area contributed by atoms with Crippen LogP contribution in [0.1, 0.15) is 31.1 Å². The van der Waals surface area contributed by atoms with E-state index in [2.05, 4.69) is 24.4 Å². The van der Waals surface area contributed by atoms with Crippen LogP contribution in [0.3, 0.4) is 0 Å². The molecule has 1 N–H and O–H groups in total. The number of aryl methyl sites for hydroxylation is 2. The van der Waals surface area contributed by atoms with Crippen LogP contribution < -0.4 is 11.1 Å². The van der Waals surface area contributed by atoms with E-state index in [9.17, 15) is 59.6 Å². The number of rotatable bonds is 11. The number of aromatic nitrogens is 4. The summed E-state index contributed by atoms with van der Waals surface area (Å²) in [6, 6.07) is 6.91. The van der Waals surface area contributed by atoms with Gasteiger partial charge in [-0.05, 0) is 45.4 Å². The fraction of sp³-hybridized carbons (Fsp3) is 0.357. The number of ether oxygens (including phenoxy) is 2. The molecule has 23 nitrogen and oxygen atoms in total. The molecule has 0 amide bonds. The monoisotopic (exact) mass is 755 g/mol. The number of nitrogens with one attached hydrogen (secondary N) is 1. The molecule has 3 aromatic rings. The number of halogens is 1. The van der Waals surface area contributed by atoms with Crippen LogP contribution in [0.2, 0.25) is 5.02 Å². The number of esters is 2. The van der Waals surface area contributed by atoms with Crippen molar-refractivity contribution >= 4 is 34.9 Å².